The smallest absolute Gasteiger partial charge is 0.331 e. The van der Waals surface area contributed by atoms with Crippen LogP contribution in [0.15, 0.2) is 0 Å². The Labute approximate surface area is 94.1 Å². The van der Waals surface area contributed by atoms with Gasteiger partial charge in [0.25, 0.3) is 0 Å². The maximum atomic E-state index is 11.5. The second kappa shape index (κ2) is 7.15. The first-order chi connectivity index (χ1) is 7.43. The molecule has 0 unspecified atom stereocenters. The van der Waals surface area contributed by atoms with Crippen molar-refractivity contribution in [2.45, 2.75) is 31.5 Å². The van der Waals surface area contributed by atoms with E-state index >= 15 is 0 Å². The van der Waals surface area contributed by atoms with Crippen molar-refractivity contribution in [2.75, 3.05) is 13.7 Å². The molecule has 0 fully saturated rings. The molecule has 7 nitrogen and oxygen atoms in total. The second-order valence-corrected chi connectivity index (χ2v) is 3.43. The molecule has 0 spiro atoms. The average molecular weight is 233 g/mol. The third-order valence-electron chi connectivity index (χ3n) is 2.05. The number of ether oxygens (including phenoxy) is 1. The number of hydrogen-bond acceptors (Lipinski definition) is 6. The van der Waals surface area contributed by atoms with Gasteiger partial charge in [0.2, 0.25) is 5.91 Å². The van der Waals surface area contributed by atoms with E-state index in [2.05, 4.69) is 10.1 Å². The molecule has 0 aromatic heterocycles. The van der Waals surface area contributed by atoms with Crippen LogP contribution >= 0.6 is 0 Å². The largest absolute Gasteiger partial charge is 0.467 e. The number of rotatable bonds is 6. The van der Waals surface area contributed by atoms with Crippen LogP contribution in [0.5, 0.6) is 0 Å². The minimum absolute atomic E-state index is 0.270. The summed E-state index contributed by atoms with van der Waals surface area (Å²) < 4.78 is 4.44. The number of nitrogens with one attached hydrogen (secondary N) is 1. The maximum Gasteiger partial charge on any atom is 0.331 e. The van der Waals surface area contributed by atoms with Crippen LogP contribution in [-0.2, 0) is 14.3 Å². The van der Waals surface area contributed by atoms with E-state index in [1.807, 2.05) is 0 Å². The second-order valence-electron chi connectivity index (χ2n) is 3.43. The third kappa shape index (κ3) is 4.56. The van der Waals surface area contributed by atoms with Crippen LogP contribution in [0.4, 0.5) is 0 Å². The van der Waals surface area contributed by atoms with Crippen LogP contribution in [0.2, 0.25) is 0 Å². The lowest BCUT2D eigenvalue weighted by atomic mass is 10.1. The highest BCUT2D eigenvalue weighted by atomic mass is 16.5. The van der Waals surface area contributed by atoms with Gasteiger partial charge >= 0.3 is 5.97 Å². The Morgan fingerprint density at radius 1 is 1.50 bits per heavy atom. The standard InChI is InChI=1S/C9H19N3O4/c1-5(13)7(9(15)16-2)12-8(14)6(11)3-4-10/h5-7,13H,3-4,10-11H2,1-2H3,(H,12,14)/t5-,6+,7+/m1/s1. The van der Waals surface area contributed by atoms with E-state index in [1.54, 1.807) is 0 Å². The van der Waals surface area contributed by atoms with Crippen molar-refractivity contribution in [3.8, 4) is 0 Å². The Morgan fingerprint density at radius 3 is 2.44 bits per heavy atom. The van der Waals surface area contributed by atoms with Crippen molar-refractivity contribution in [3.05, 3.63) is 0 Å². The van der Waals surface area contributed by atoms with Crippen LogP contribution in [0.1, 0.15) is 13.3 Å². The van der Waals surface area contributed by atoms with Crippen LogP contribution in [0.25, 0.3) is 0 Å². The number of esters is 1. The number of aliphatic hydroxyl groups is 1. The van der Waals surface area contributed by atoms with Crippen LogP contribution in [0, 0.1) is 0 Å². The summed E-state index contributed by atoms with van der Waals surface area (Å²) in [4.78, 5) is 22.7. The van der Waals surface area contributed by atoms with E-state index in [0.29, 0.717) is 6.42 Å². The predicted molar refractivity (Wildman–Crippen MR) is 57.3 cm³/mol. The first kappa shape index (κ1) is 14.8. The number of hydrogen-bond donors (Lipinski definition) is 4. The molecular formula is C9H19N3O4. The van der Waals surface area contributed by atoms with Gasteiger partial charge in [0.05, 0.1) is 19.3 Å². The minimum Gasteiger partial charge on any atom is -0.467 e. The lowest BCUT2D eigenvalue weighted by molar-refractivity contribution is -0.148. The highest BCUT2D eigenvalue weighted by molar-refractivity contribution is 5.87. The van der Waals surface area contributed by atoms with Crippen LogP contribution < -0.4 is 16.8 Å². The molecule has 0 bridgehead atoms. The number of nitrogens with two attached hydrogens (primary N) is 2. The van der Waals surface area contributed by atoms with Gasteiger partial charge in [0.15, 0.2) is 6.04 Å². The van der Waals surface area contributed by atoms with Gasteiger partial charge in [-0.1, -0.05) is 0 Å². The average Bonchev–Trinajstić information content (AvgIpc) is 2.24. The Bertz CT molecular complexity index is 245. The number of amides is 1. The summed E-state index contributed by atoms with van der Waals surface area (Å²) in [7, 11) is 1.17. The number of methoxy groups -OCH3 is 1. The lowest BCUT2D eigenvalue weighted by Gasteiger charge is -2.20. The molecule has 94 valence electrons. The number of aliphatic hydroxyl groups excluding tert-OH is 1. The fraction of sp³-hybridized carbons (Fsp3) is 0.778. The summed E-state index contributed by atoms with van der Waals surface area (Å²) >= 11 is 0. The zero-order chi connectivity index (χ0) is 12.7. The van der Waals surface area contributed by atoms with Crippen LogP contribution in [0.3, 0.4) is 0 Å². The molecular weight excluding hydrogens is 214 g/mol. The number of carbonyl (C=O) groups excluding carboxylic acids is 2. The molecule has 3 atom stereocenters. The summed E-state index contributed by atoms with van der Waals surface area (Å²) in [5.74, 6) is -1.26. The highest BCUT2D eigenvalue weighted by Gasteiger charge is 2.27. The van der Waals surface area contributed by atoms with Crippen molar-refractivity contribution in [1.29, 1.82) is 0 Å². The summed E-state index contributed by atoms with van der Waals surface area (Å²) in [6.07, 6.45) is -0.749. The van der Waals surface area contributed by atoms with Gasteiger partial charge in [-0.3, -0.25) is 4.79 Å². The summed E-state index contributed by atoms with van der Waals surface area (Å²) in [5.41, 5.74) is 10.7. The molecule has 0 saturated carbocycles. The molecule has 0 aliphatic carbocycles. The molecule has 0 aromatic carbocycles. The van der Waals surface area contributed by atoms with Gasteiger partial charge < -0.3 is 26.6 Å². The molecule has 0 saturated heterocycles. The van der Waals surface area contributed by atoms with Crippen molar-refractivity contribution < 1.29 is 19.4 Å². The molecule has 6 N–H and O–H groups in total. The van der Waals surface area contributed by atoms with Gasteiger partial charge in [0.1, 0.15) is 0 Å². The molecule has 16 heavy (non-hydrogen) atoms. The topological polar surface area (TPSA) is 128 Å². The van der Waals surface area contributed by atoms with Gasteiger partial charge in [-0.05, 0) is 19.9 Å². The van der Waals surface area contributed by atoms with E-state index in [4.69, 9.17) is 11.5 Å². The van der Waals surface area contributed by atoms with Gasteiger partial charge in [0, 0.05) is 0 Å². The maximum absolute atomic E-state index is 11.5. The van der Waals surface area contributed by atoms with Crippen LogP contribution in [-0.4, -0.2) is 48.8 Å². The Kier molecular flexibility index (Phi) is 6.63. The Hall–Kier alpha value is -1.18. The Balaban J connectivity index is 4.40. The van der Waals surface area contributed by atoms with E-state index < -0.39 is 30.1 Å². The first-order valence-electron chi connectivity index (χ1n) is 4.96. The van der Waals surface area contributed by atoms with Crippen molar-refractivity contribution >= 4 is 11.9 Å². The Morgan fingerprint density at radius 2 is 2.06 bits per heavy atom. The SMILES string of the molecule is COC(=O)[C@@H](NC(=O)[C@@H](N)CCN)[C@@H](C)O. The zero-order valence-corrected chi connectivity index (χ0v) is 9.47. The molecule has 0 heterocycles. The number of carbonyl (C=O) groups is 2. The highest BCUT2D eigenvalue weighted by Crippen LogP contribution is 1.97. The van der Waals surface area contributed by atoms with Crippen molar-refractivity contribution in [2.24, 2.45) is 11.5 Å². The summed E-state index contributed by atoms with van der Waals surface area (Å²) in [6.45, 7) is 1.64. The van der Waals surface area contributed by atoms with Crippen molar-refractivity contribution in [3.63, 3.8) is 0 Å². The molecule has 0 aliphatic heterocycles. The summed E-state index contributed by atoms with van der Waals surface area (Å²) in [5, 5.41) is 11.6. The van der Waals surface area contributed by atoms with Crippen molar-refractivity contribution in [1.82, 2.24) is 5.32 Å². The van der Waals surface area contributed by atoms with Gasteiger partial charge in [-0.2, -0.15) is 0 Å². The van der Waals surface area contributed by atoms with Gasteiger partial charge in [-0.25, -0.2) is 4.79 Å². The first-order valence-corrected chi connectivity index (χ1v) is 4.96. The van der Waals surface area contributed by atoms with E-state index in [-0.39, 0.29) is 6.54 Å². The molecule has 1 amide bonds. The molecule has 0 aliphatic rings. The molecule has 7 heteroatoms. The monoisotopic (exact) mass is 233 g/mol. The fourth-order valence-corrected chi connectivity index (χ4v) is 1.07. The predicted octanol–water partition coefficient (Wildman–Crippen LogP) is -2.30. The van der Waals surface area contributed by atoms with E-state index in [1.165, 1.54) is 14.0 Å². The van der Waals surface area contributed by atoms with E-state index in [0.717, 1.165) is 0 Å². The molecule has 0 radical (unpaired) electrons. The third-order valence-corrected chi connectivity index (χ3v) is 2.05. The normalized spacial score (nSPS) is 16.1. The quantitative estimate of drug-likeness (QED) is 0.382. The van der Waals surface area contributed by atoms with Gasteiger partial charge in [-0.15, -0.1) is 0 Å². The fourth-order valence-electron chi connectivity index (χ4n) is 1.07. The molecule has 0 rings (SSSR count). The van der Waals surface area contributed by atoms with E-state index in [9.17, 15) is 14.7 Å². The minimum atomic E-state index is -1.11. The summed E-state index contributed by atoms with van der Waals surface area (Å²) in [6, 6.07) is -1.91. The zero-order valence-electron chi connectivity index (χ0n) is 9.47. The lowest BCUT2D eigenvalue weighted by Crippen LogP contribution is -2.53. The molecule has 0 aromatic rings.